The van der Waals surface area contributed by atoms with E-state index in [1.807, 2.05) is 0 Å². The molecule has 0 spiro atoms. The Morgan fingerprint density at radius 1 is 0.903 bits per heavy atom. The second-order valence-corrected chi connectivity index (χ2v) is 6.32. The summed E-state index contributed by atoms with van der Waals surface area (Å²) in [6.07, 6.45) is 2.63. The highest BCUT2D eigenvalue weighted by Crippen LogP contribution is 2.25. The number of rotatable bonds is 9. The quantitative estimate of drug-likeness (QED) is 0.343. The summed E-state index contributed by atoms with van der Waals surface area (Å²) in [7, 11) is 3.02. The second kappa shape index (κ2) is 12.1. The number of carbonyl (C=O) groups is 3. The van der Waals surface area contributed by atoms with E-state index in [0.29, 0.717) is 27.8 Å². The summed E-state index contributed by atoms with van der Waals surface area (Å²) in [5.41, 5.74) is 4.88. The average molecular weight is 449 g/mol. The maximum absolute atomic E-state index is 11.8. The molecule has 0 bridgehead atoms. The summed E-state index contributed by atoms with van der Waals surface area (Å²) in [5.74, 6) is -0.506. The molecule has 0 saturated carbocycles. The predicted molar refractivity (Wildman–Crippen MR) is 113 cm³/mol. The number of ether oxygens (including phenoxy) is 4. The normalized spacial score (nSPS) is 10.3. The van der Waals surface area contributed by atoms with E-state index in [1.165, 1.54) is 20.3 Å². The van der Waals surface area contributed by atoms with E-state index < -0.39 is 24.4 Å². The van der Waals surface area contributed by atoms with Gasteiger partial charge in [0.05, 0.1) is 14.2 Å². The van der Waals surface area contributed by atoms with Gasteiger partial charge in [-0.1, -0.05) is 11.6 Å². The Bertz CT molecular complexity index is 945. The van der Waals surface area contributed by atoms with E-state index >= 15 is 0 Å². The van der Waals surface area contributed by atoms with Gasteiger partial charge in [-0.05, 0) is 42.5 Å². The van der Waals surface area contributed by atoms with E-state index in [1.54, 1.807) is 42.5 Å². The lowest BCUT2D eigenvalue weighted by atomic mass is 10.2. The number of methoxy groups -OCH3 is 2. The molecule has 164 valence electrons. The first kappa shape index (κ1) is 23.6. The van der Waals surface area contributed by atoms with Crippen LogP contribution in [0, 0.1) is 0 Å². The molecule has 2 aromatic carbocycles. The smallest absolute Gasteiger partial charge is 0.331 e. The van der Waals surface area contributed by atoms with Crippen molar-refractivity contribution in [2.75, 3.05) is 27.4 Å². The molecule has 0 aliphatic carbocycles. The van der Waals surface area contributed by atoms with Gasteiger partial charge in [0.25, 0.3) is 11.8 Å². The van der Waals surface area contributed by atoms with Crippen molar-refractivity contribution >= 4 is 35.5 Å². The first-order valence-corrected chi connectivity index (χ1v) is 9.32. The van der Waals surface area contributed by atoms with Gasteiger partial charge in [0.15, 0.2) is 13.2 Å². The molecular weight excluding hydrogens is 428 g/mol. The summed E-state index contributed by atoms with van der Waals surface area (Å²) in [5, 5.41) is 0.539. The average Bonchev–Trinajstić information content (AvgIpc) is 2.79. The minimum Gasteiger partial charge on any atom is -0.497 e. The number of carbonyl (C=O) groups excluding carboxylic acids is 3. The lowest BCUT2D eigenvalue weighted by molar-refractivity contribution is -0.144. The van der Waals surface area contributed by atoms with Crippen molar-refractivity contribution in [3.05, 3.63) is 59.1 Å². The number of hydrogen-bond acceptors (Lipinski definition) is 7. The number of hydrogen-bond donors (Lipinski definition) is 2. The molecule has 2 rings (SSSR count). The SMILES string of the molecule is COc1ccc(C=CC(=O)OCC(=O)NNC(=O)COc2ccc(Cl)cc2)c(OC)c1. The van der Waals surface area contributed by atoms with Crippen LogP contribution in [0.5, 0.6) is 17.2 Å². The summed E-state index contributed by atoms with van der Waals surface area (Å²) in [4.78, 5) is 35.2. The van der Waals surface area contributed by atoms with Crippen LogP contribution in [0.25, 0.3) is 6.08 Å². The van der Waals surface area contributed by atoms with Gasteiger partial charge in [-0.15, -0.1) is 0 Å². The topological polar surface area (TPSA) is 112 Å². The molecule has 0 aliphatic rings. The Morgan fingerprint density at radius 3 is 2.19 bits per heavy atom. The summed E-state index contributed by atoms with van der Waals surface area (Å²) in [6.45, 7) is -0.907. The van der Waals surface area contributed by atoms with Crippen LogP contribution in [0.1, 0.15) is 5.56 Å². The Hall–Kier alpha value is -3.72. The van der Waals surface area contributed by atoms with Gasteiger partial charge in [-0.2, -0.15) is 0 Å². The number of nitrogens with one attached hydrogen (secondary N) is 2. The minimum absolute atomic E-state index is 0.325. The molecule has 31 heavy (non-hydrogen) atoms. The van der Waals surface area contributed by atoms with Crippen LogP contribution in [0.4, 0.5) is 0 Å². The van der Waals surface area contributed by atoms with Gasteiger partial charge in [0.1, 0.15) is 17.2 Å². The van der Waals surface area contributed by atoms with Crippen LogP contribution < -0.4 is 25.1 Å². The molecule has 0 radical (unpaired) electrons. The zero-order valence-corrected chi connectivity index (χ0v) is 17.6. The summed E-state index contributed by atoms with van der Waals surface area (Å²) in [6, 6.07) is 11.5. The van der Waals surface area contributed by atoms with Gasteiger partial charge in [0, 0.05) is 22.7 Å². The molecule has 0 heterocycles. The van der Waals surface area contributed by atoms with Crippen molar-refractivity contribution in [2.45, 2.75) is 0 Å². The molecule has 0 aliphatic heterocycles. The van der Waals surface area contributed by atoms with Gasteiger partial charge in [-0.3, -0.25) is 20.4 Å². The maximum Gasteiger partial charge on any atom is 0.331 e. The first-order chi connectivity index (χ1) is 14.9. The third-order valence-electron chi connectivity index (χ3n) is 3.71. The molecule has 2 aromatic rings. The fourth-order valence-electron chi connectivity index (χ4n) is 2.19. The van der Waals surface area contributed by atoms with Gasteiger partial charge < -0.3 is 18.9 Å². The van der Waals surface area contributed by atoms with Crippen LogP contribution >= 0.6 is 11.6 Å². The van der Waals surface area contributed by atoms with Crippen molar-refractivity contribution in [3.63, 3.8) is 0 Å². The number of halogens is 1. The third kappa shape index (κ3) is 8.27. The van der Waals surface area contributed by atoms with Crippen molar-refractivity contribution in [1.29, 1.82) is 0 Å². The van der Waals surface area contributed by atoms with Crippen molar-refractivity contribution in [1.82, 2.24) is 10.9 Å². The van der Waals surface area contributed by atoms with E-state index in [4.69, 9.17) is 30.5 Å². The second-order valence-electron chi connectivity index (χ2n) is 5.89. The standard InChI is InChI=1S/C21H21ClN2O7/c1-28-17-7-3-14(18(11-17)29-2)4-10-21(27)31-13-20(26)24-23-19(25)12-30-16-8-5-15(22)6-9-16/h3-11H,12-13H2,1-2H3,(H,23,25)(H,24,26). The molecule has 0 unspecified atom stereocenters. The Morgan fingerprint density at radius 2 is 1.55 bits per heavy atom. The minimum atomic E-state index is -0.745. The molecule has 9 nitrogen and oxygen atoms in total. The summed E-state index contributed by atoms with van der Waals surface area (Å²) < 4.78 is 20.4. The largest absolute Gasteiger partial charge is 0.497 e. The van der Waals surface area contributed by atoms with Crippen molar-refractivity contribution in [3.8, 4) is 17.2 Å². The highest BCUT2D eigenvalue weighted by Gasteiger charge is 2.08. The molecule has 10 heteroatoms. The van der Waals surface area contributed by atoms with Crippen LogP contribution in [0.3, 0.4) is 0 Å². The summed E-state index contributed by atoms with van der Waals surface area (Å²) >= 11 is 5.75. The number of benzene rings is 2. The van der Waals surface area contributed by atoms with Crippen LogP contribution in [-0.4, -0.2) is 45.2 Å². The Balaban J connectivity index is 1.70. The Kier molecular flexibility index (Phi) is 9.18. The van der Waals surface area contributed by atoms with E-state index in [-0.39, 0.29) is 6.61 Å². The van der Waals surface area contributed by atoms with Crippen LogP contribution in [-0.2, 0) is 19.1 Å². The fourth-order valence-corrected chi connectivity index (χ4v) is 2.32. The molecule has 2 amide bonds. The molecule has 0 saturated heterocycles. The Labute approximate surface area is 183 Å². The first-order valence-electron chi connectivity index (χ1n) is 8.94. The van der Waals surface area contributed by atoms with E-state index in [0.717, 1.165) is 6.08 Å². The monoisotopic (exact) mass is 448 g/mol. The molecule has 0 fully saturated rings. The molecule has 0 aromatic heterocycles. The fraction of sp³-hybridized carbons (Fsp3) is 0.190. The lowest BCUT2D eigenvalue weighted by Gasteiger charge is -2.09. The number of hydrazine groups is 1. The highest BCUT2D eigenvalue weighted by atomic mass is 35.5. The van der Waals surface area contributed by atoms with Crippen molar-refractivity contribution in [2.24, 2.45) is 0 Å². The van der Waals surface area contributed by atoms with Crippen molar-refractivity contribution < 1.29 is 33.3 Å². The maximum atomic E-state index is 11.8. The van der Waals surface area contributed by atoms with E-state index in [2.05, 4.69) is 10.9 Å². The number of amides is 2. The third-order valence-corrected chi connectivity index (χ3v) is 3.96. The molecular formula is C21H21ClN2O7. The zero-order valence-electron chi connectivity index (χ0n) is 16.8. The zero-order chi connectivity index (χ0) is 22.6. The van der Waals surface area contributed by atoms with Crippen LogP contribution in [0.15, 0.2) is 48.5 Å². The molecule has 2 N–H and O–H groups in total. The highest BCUT2D eigenvalue weighted by molar-refractivity contribution is 6.30. The van der Waals surface area contributed by atoms with Gasteiger partial charge in [0.2, 0.25) is 0 Å². The lowest BCUT2D eigenvalue weighted by Crippen LogP contribution is -2.45. The van der Waals surface area contributed by atoms with Gasteiger partial charge >= 0.3 is 5.97 Å². The van der Waals surface area contributed by atoms with Crippen LogP contribution in [0.2, 0.25) is 5.02 Å². The number of esters is 1. The molecule has 0 atom stereocenters. The van der Waals surface area contributed by atoms with E-state index in [9.17, 15) is 14.4 Å². The predicted octanol–water partition coefficient (Wildman–Crippen LogP) is 2.14. The van der Waals surface area contributed by atoms with Gasteiger partial charge in [-0.25, -0.2) is 4.79 Å².